The molecule has 3 nitrogen and oxygen atoms in total. The van der Waals surface area contributed by atoms with Crippen LogP contribution in [-0.4, -0.2) is 16.7 Å². The Morgan fingerprint density at radius 1 is 1.14 bits per heavy atom. The summed E-state index contributed by atoms with van der Waals surface area (Å²) in [4.78, 5) is 4.57. The van der Waals surface area contributed by atoms with Crippen molar-refractivity contribution in [3.05, 3.63) is 57.8 Å². The second-order valence-corrected chi connectivity index (χ2v) is 5.68. The fraction of sp³-hybridized carbons (Fsp3) is 0.188. The van der Waals surface area contributed by atoms with Crippen LogP contribution >= 0.6 is 23.2 Å². The molecular formula is C16H14Cl2N2O. The third kappa shape index (κ3) is 2.71. The molecule has 0 saturated heterocycles. The van der Waals surface area contributed by atoms with Crippen LogP contribution in [0.15, 0.2) is 36.4 Å². The Morgan fingerprint density at radius 2 is 1.95 bits per heavy atom. The van der Waals surface area contributed by atoms with E-state index in [1.807, 2.05) is 37.3 Å². The monoisotopic (exact) mass is 320 g/mol. The van der Waals surface area contributed by atoms with Crippen molar-refractivity contribution in [1.82, 2.24) is 9.55 Å². The molecule has 2 aromatic carbocycles. The lowest BCUT2D eigenvalue weighted by Gasteiger charge is -2.10. The SMILES string of the molecule is COc1ccc2nc(C)n(Cc3cc(Cl)ccc3Cl)c2c1. The summed E-state index contributed by atoms with van der Waals surface area (Å²) in [6, 6.07) is 11.3. The van der Waals surface area contributed by atoms with Crippen LogP contribution in [0.4, 0.5) is 0 Å². The lowest BCUT2D eigenvalue weighted by atomic mass is 10.2. The normalized spacial score (nSPS) is 11.0. The number of imidazole rings is 1. The summed E-state index contributed by atoms with van der Waals surface area (Å²) in [5.74, 6) is 1.73. The van der Waals surface area contributed by atoms with Crippen molar-refractivity contribution < 1.29 is 4.74 Å². The van der Waals surface area contributed by atoms with Crippen LogP contribution in [0.5, 0.6) is 5.75 Å². The molecule has 0 radical (unpaired) electrons. The van der Waals surface area contributed by atoms with E-state index in [1.165, 1.54) is 0 Å². The number of hydrogen-bond donors (Lipinski definition) is 0. The molecule has 0 N–H and O–H groups in total. The molecule has 0 aliphatic carbocycles. The topological polar surface area (TPSA) is 27.1 Å². The molecule has 0 atom stereocenters. The van der Waals surface area contributed by atoms with Crippen molar-refractivity contribution in [1.29, 1.82) is 0 Å². The van der Waals surface area contributed by atoms with Crippen LogP contribution < -0.4 is 4.74 Å². The van der Waals surface area contributed by atoms with E-state index in [4.69, 9.17) is 27.9 Å². The lowest BCUT2D eigenvalue weighted by Crippen LogP contribution is -2.02. The maximum atomic E-state index is 6.26. The standard InChI is InChI=1S/C16H14Cl2N2O/c1-10-19-15-6-4-13(21-2)8-16(15)20(10)9-11-7-12(17)3-5-14(11)18/h3-8H,9H2,1-2H3. The summed E-state index contributed by atoms with van der Waals surface area (Å²) >= 11 is 12.3. The predicted octanol–water partition coefficient (Wildman–Crippen LogP) is 4.71. The molecule has 0 aliphatic rings. The fourth-order valence-electron chi connectivity index (χ4n) is 2.38. The van der Waals surface area contributed by atoms with Gasteiger partial charge >= 0.3 is 0 Å². The van der Waals surface area contributed by atoms with Gasteiger partial charge in [0.25, 0.3) is 0 Å². The quantitative estimate of drug-likeness (QED) is 0.698. The Labute approximate surface area is 133 Å². The molecule has 108 valence electrons. The Kier molecular flexibility index (Phi) is 3.79. The first-order valence-corrected chi connectivity index (χ1v) is 7.29. The second-order valence-electron chi connectivity index (χ2n) is 4.84. The van der Waals surface area contributed by atoms with Gasteiger partial charge < -0.3 is 9.30 Å². The first-order valence-electron chi connectivity index (χ1n) is 6.53. The van der Waals surface area contributed by atoms with Crippen LogP contribution in [0.1, 0.15) is 11.4 Å². The molecule has 0 amide bonds. The number of hydrogen-bond acceptors (Lipinski definition) is 2. The van der Waals surface area contributed by atoms with Gasteiger partial charge in [0.2, 0.25) is 0 Å². The average Bonchev–Trinajstić information content (AvgIpc) is 2.78. The van der Waals surface area contributed by atoms with E-state index < -0.39 is 0 Å². The molecule has 0 fully saturated rings. The Bertz CT molecular complexity index is 811. The summed E-state index contributed by atoms with van der Waals surface area (Å²) in [6.45, 7) is 2.60. The number of aryl methyl sites for hydroxylation is 1. The van der Waals surface area contributed by atoms with Gasteiger partial charge in [-0.05, 0) is 42.8 Å². The van der Waals surface area contributed by atoms with Gasteiger partial charge in [-0.2, -0.15) is 0 Å². The highest BCUT2D eigenvalue weighted by atomic mass is 35.5. The van der Waals surface area contributed by atoms with Crippen molar-refractivity contribution in [2.45, 2.75) is 13.5 Å². The maximum absolute atomic E-state index is 6.26. The minimum Gasteiger partial charge on any atom is -0.497 e. The Morgan fingerprint density at radius 3 is 2.71 bits per heavy atom. The van der Waals surface area contributed by atoms with Crippen LogP contribution in [0.2, 0.25) is 10.0 Å². The highest BCUT2D eigenvalue weighted by Gasteiger charge is 2.11. The molecule has 0 aliphatic heterocycles. The van der Waals surface area contributed by atoms with E-state index in [0.717, 1.165) is 28.2 Å². The molecule has 0 spiro atoms. The van der Waals surface area contributed by atoms with Gasteiger partial charge in [0, 0.05) is 16.1 Å². The fourth-order valence-corrected chi connectivity index (χ4v) is 2.76. The lowest BCUT2D eigenvalue weighted by molar-refractivity contribution is 0.415. The Hall–Kier alpha value is -1.71. The van der Waals surface area contributed by atoms with Crippen LogP contribution in [0.3, 0.4) is 0 Å². The van der Waals surface area contributed by atoms with Gasteiger partial charge in [-0.1, -0.05) is 23.2 Å². The van der Waals surface area contributed by atoms with Gasteiger partial charge in [0.15, 0.2) is 0 Å². The third-order valence-electron chi connectivity index (χ3n) is 3.48. The summed E-state index contributed by atoms with van der Waals surface area (Å²) in [5, 5.41) is 1.37. The third-order valence-corrected chi connectivity index (χ3v) is 4.09. The highest BCUT2D eigenvalue weighted by molar-refractivity contribution is 6.33. The summed E-state index contributed by atoms with van der Waals surface area (Å²) in [5.41, 5.74) is 2.92. The molecule has 0 saturated carbocycles. The smallest absolute Gasteiger partial charge is 0.121 e. The van der Waals surface area contributed by atoms with Crippen LogP contribution in [-0.2, 0) is 6.54 Å². The molecule has 1 heterocycles. The van der Waals surface area contributed by atoms with E-state index in [9.17, 15) is 0 Å². The minimum atomic E-state index is 0.620. The van der Waals surface area contributed by atoms with Gasteiger partial charge in [-0.3, -0.25) is 0 Å². The number of aromatic nitrogens is 2. The number of methoxy groups -OCH3 is 1. The summed E-state index contributed by atoms with van der Waals surface area (Å²) < 4.78 is 7.40. The summed E-state index contributed by atoms with van der Waals surface area (Å²) in [7, 11) is 1.66. The zero-order chi connectivity index (χ0) is 15.0. The zero-order valence-corrected chi connectivity index (χ0v) is 13.2. The molecule has 0 bridgehead atoms. The highest BCUT2D eigenvalue weighted by Crippen LogP contribution is 2.26. The van der Waals surface area contributed by atoms with E-state index in [2.05, 4.69) is 9.55 Å². The maximum Gasteiger partial charge on any atom is 0.121 e. The van der Waals surface area contributed by atoms with Gasteiger partial charge in [-0.15, -0.1) is 0 Å². The molecule has 3 aromatic rings. The molecule has 0 unspecified atom stereocenters. The molecular weight excluding hydrogens is 307 g/mol. The molecule has 3 rings (SSSR count). The number of benzene rings is 2. The summed E-state index contributed by atoms with van der Waals surface area (Å²) in [6.07, 6.45) is 0. The zero-order valence-electron chi connectivity index (χ0n) is 11.7. The van der Waals surface area contributed by atoms with Gasteiger partial charge in [0.1, 0.15) is 11.6 Å². The van der Waals surface area contributed by atoms with Crippen molar-refractivity contribution >= 4 is 34.2 Å². The second kappa shape index (κ2) is 5.58. The predicted molar refractivity (Wildman–Crippen MR) is 86.6 cm³/mol. The van der Waals surface area contributed by atoms with Crippen LogP contribution in [0.25, 0.3) is 11.0 Å². The van der Waals surface area contributed by atoms with Crippen molar-refractivity contribution in [2.24, 2.45) is 0 Å². The van der Waals surface area contributed by atoms with E-state index in [0.29, 0.717) is 16.6 Å². The van der Waals surface area contributed by atoms with Gasteiger partial charge in [0.05, 0.1) is 24.7 Å². The number of fused-ring (bicyclic) bond motifs is 1. The van der Waals surface area contributed by atoms with E-state index in [1.54, 1.807) is 13.2 Å². The minimum absolute atomic E-state index is 0.620. The number of halogens is 2. The first-order chi connectivity index (χ1) is 10.1. The number of nitrogens with zero attached hydrogens (tertiary/aromatic N) is 2. The molecule has 21 heavy (non-hydrogen) atoms. The number of rotatable bonds is 3. The van der Waals surface area contributed by atoms with Crippen molar-refractivity contribution in [3.8, 4) is 5.75 Å². The van der Waals surface area contributed by atoms with Crippen molar-refractivity contribution in [2.75, 3.05) is 7.11 Å². The first kappa shape index (κ1) is 14.2. The number of ether oxygens (including phenoxy) is 1. The van der Waals surface area contributed by atoms with Gasteiger partial charge in [-0.25, -0.2) is 4.98 Å². The van der Waals surface area contributed by atoms with E-state index >= 15 is 0 Å². The largest absolute Gasteiger partial charge is 0.497 e. The molecule has 5 heteroatoms. The molecule has 1 aromatic heterocycles. The average molecular weight is 321 g/mol. The Balaban J connectivity index is 2.11. The van der Waals surface area contributed by atoms with Crippen LogP contribution in [0, 0.1) is 6.92 Å². The van der Waals surface area contributed by atoms with E-state index in [-0.39, 0.29) is 0 Å². The van der Waals surface area contributed by atoms with Crippen molar-refractivity contribution in [3.63, 3.8) is 0 Å².